The zero-order valence-corrected chi connectivity index (χ0v) is 14.8. The molecule has 0 amide bonds. The van der Waals surface area contributed by atoms with Gasteiger partial charge in [-0.05, 0) is 45.7 Å². The van der Waals surface area contributed by atoms with E-state index in [-0.39, 0.29) is 0 Å². The Balaban J connectivity index is 1.27. The lowest BCUT2D eigenvalue weighted by atomic mass is 9.84. The topological polar surface area (TPSA) is 65.6 Å². The van der Waals surface area contributed by atoms with E-state index < -0.39 is 5.60 Å². The molecule has 3 fully saturated rings. The van der Waals surface area contributed by atoms with Crippen LogP contribution in [0.4, 0.5) is 0 Å². The molecule has 1 saturated heterocycles. The lowest BCUT2D eigenvalue weighted by Gasteiger charge is -2.35. The molecule has 6 heteroatoms. The van der Waals surface area contributed by atoms with Gasteiger partial charge in [0.2, 0.25) is 11.8 Å². The van der Waals surface area contributed by atoms with Crippen molar-refractivity contribution in [2.75, 3.05) is 26.7 Å². The van der Waals surface area contributed by atoms with Crippen molar-refractivity contribution in [3.05, 3.63) is 11.8 Å². The summed E-state index contributed by atoms with van der Waals surface area (Å²) in [6, 6.07) is 0.508. The Hall–Kier alpha value is -0.980. The van der Waals surface area contributed by atoms with Gasteiger partial charge in [0, 0.05) is 25.0 Å². The van der Waals surface area contributed by atoms with E-state index in [0.717, 1.165) is 57.2 Å². The van der Waals surface area contributed by atoms with E-state index in [1.54, 1.807) is 0 Å². The van der Waals surface area contributed by atoms with Crippen LogP contribution in [0.2, 0.25) is 0 Å². The first-order valence-electron chi connectivity index (χ1n) is 9.59. The molecule has 2 heterocycles. The number of hydrogen-bond acceptors (Lipinski definition) is 6. The van der Waals surface area contributed by atoms with E-state index in [0.29, 0.717) is 12.0 Å². The number of aromatic nitrogens is 2. The number of nitrogens with zero attached hydrogens (tertiary/aromatic N) is 4. The van der Waals surface area contributed by atoms with Crippen molar-refractivity contribution in [3.63, 3.8) is 0 Å². The van der Waals surface area contributed by atoms with Crippen LogP contribution in [-0.2, 0) is 6.54 Å². The number of aliphatic hydroxyl groups is 1. The van der Waals surface area contributed by atoms with E-state index in [2.05, 4.69) is 27.0 Å². The smallest absolute Gasteiger partial charge is 0.230 e. The minimum absolute atomic E-state index is 0.447. The molecule has 0 spiro atoms. The largest absolute Gasteiger partial charge is 0.424 e. The van der Waals surface area contributed by atoms with Gasteiger partial charge >= 0.3 is 0 Å². The summed E-state index contributed by atoms with van der Waals surface area (Å²) in [5, 5.41) is 19.1. The zero-order chi connectivity index (χ0) is 16.6. The molecule has 1 aromatic rings. The molecule has 1 aromatic heterocycles. The minimum Gasteiger partial charge on any atom is -0.424 e. The van der Waals surface area contributed by atoms with Crippen molar-refractivity contribution in [1.82, 2.24) is 20.0 Å². The van der Waals surface area contributed by atoms with E-state index >= 15 is 0 Å². The quantitative estimate of drug-likeness (QED) is 0.860. The second-order valence-electron chi connectivity index (χ2n) is 8.19. The second kappa shape index (κ2) is 6.73. The van der Waals surface area contributed by atoms with E-state index in [1.165, 1.54) is 32.1 Å². The van der Waals surface area contributed by atoms with Crippen molar-refractivity contribution in [2.45, 2.75) is 75.5 Å². The Labute approximate surface area is 144 Å². The van der Waals surface area contributed by atoms with Crippen molar-refractivity contribution in [1.29, 1.82) is 0 Å². The van der Waals surface area contributed by atoms with Crippen LogP contribution in [0.1, 0.15) is 69.1 Å². The van der Waals surface area contributed by atoms with Gasteiger partial charge in [0.15, 0.2) is 0 Å². The number of β-amino-alcohol motifs (C(OH)–C–C–N with tert-alkyl or cyclic N) is 1. The van der Waals surface area contributed by atoms with Gasteiger partial charge in [-0.25, -0.2) is 0 Å². The van der Waals surface area contributed by atoms with Crippen LogP contribution in [0, 0.1) is 0 Å². The normalized spacial score (nSPS) is 27.9. The molecule has 4 rings (SSSR count). The van der Waals surface area contributed by atoms with Crippen LogP contribution in [0.15, 0.2) is 4.42 Å². The van der Waals surface area contributed by atoms with Crippen molar-refractivity contribution >= 4 is 0 Å². The predicted molar refractivity (Wildman–Crippen MR) is 90.6 cm³/mol. The summed E-state index contributed by atoms with van der Waals surface area (Å²) in [6.45, 7) is 3.67. The van der Waals surface area contributed by atoms with Gasteiger partial charge in [-0.15, -0.1) is 10.2 Å². The molecule has 2 saturated carbocycles. The third-order valence-corrected chi connectivity index (χ3v) is 5.97. The number of rotatable bonds is 6. The average molecular weight is 334 g/mol. The van der Waals surface area contributed by atoms with Gasteiger partial charge in [0.25, 0.3) is 0 Å². The number of likely N-dealkylation sites (N-methyl/N-ethyl adjacent to an activating group) is 1. The maximum atomic E-state index is 10.8. The number of likely N-dealkylation sites (tertiary alicyclic amines) is 1. The highest BCUT2D eigenvalue weighted by Crippen LogP contribution is 2.39. The summed E-state index contributed by atoms with van der Waals surface area (Å²) >= 11 is 0. The van der Waals surface area contributed by atoms with E-state index in [9.17, 15) is 5.11 Å². The molecule has 1 aliphatic heterocycles. The average Bonchev–Trinajstić information content (AvgIpc) is 3.13. The van der Waals surface area contributed by atoms with Crippen LogP contribution in [0.5, 0.6) is 0 Å². The van der Waals surface area contributed by atoms with Crippen LogP contribution < -0.4 is 0 Å². The molecule has 0 radical (unpaired) electrons. The summed E-state index contributed by atoms with van der Waals surface area (Å²) in [4.78, 5) is 4.77. The SMILES string of the molecule is CN(Cc1nnc(C2CC2)o1)C1CCN(CC2(O)CCCCC2)C1. The molecule has 1 N–H and O–H groups in total. The first kappa shape index (κ1) is 16.5. The van der Waals surface area contributed by atoms with Gasteiger partial charge in [0.05, 0.1) is 12.1 Å². The molecule has 0 aromatic carbocycles. The summed E-state index contributed by atoms with van der Waals surface area (Å²) in [6.07, 6.45) is 9.10. The Bertz CT molecular complexity index is 551. The molecule has 1 unspecified atom stereocenters. The molecule has 6 nitrogen and oxygen atoms in total. The van der Waals surface area contributed by atoms with Crippen molar-refractivity contribution < 1.29 is 9.52 Å². The first-order chi connectivity index (χ1) is 11.6. The molecule has 134 valence electrons. The van der Waals surface area contributed by atoms with Crippen LogP contribution in [-0.4, -0.2) is 63.4 Å². The van der Waals surface area contributed by atoms with E-state index in [4.69, 9.17) is 4.42 Å². The predicted octanol–water partition coefficient (Wildman–Crippen LogP) is 2.15. The minimum atomic E-state index is -0.447. The first-order valence-corrected chi connectivity index (χ1v) is 9.59. The summed E-state index contributed by atoms with van der Waals surface area (Å²) < 4.78 is 5.78. The lowest BCUT2D eigenvalue weighted by Crippen LogP contribution is -2.44. The fourth-order valence-electron chi connectivity index (χ4n) is 4.27. The lowest BCUT2D eigenvalue weighted by molar-refractivity contribution is -0.0226. The Morgan fingerprint density at radius 1 is 1.21 bits per heavy atom. The highest BCUT2D eigenvalue weighted by Gasteiger charge is 2.35. The second-order valence-corrected chi connectivity index (χ2v) is 8.19. The van der Waals surface area contributed by atoms with Crippen LogP contribution in [0.3, 0.4) is 0 Å². The molecule has 1 atom stereocenters. The van der Waals surface area contributed by atoms with E-state index in [1.807, 2.05) is 0 Å². The standard InChI is InChI=1S/C18H30N4O2/c1-21(12-16-19-20-17(24-16)14-5-6-14)15-7-10-22(11-15)13-18(23)8-3-2-4-9-18/h14-15,23H,2-13H2,1H3. The van der Waals surface area contributed by atoms with Gasteiger partial charge in [-0.2, -0.15) is 0 Å². The molecular formula is C18H30N4O2. The molecule has 2 aliphatic carbocycles. The van der Waals surface area contributed by atoms with Gasteiger partial charge in [-0.1, -0.05) is 19.3 Å². The summed E-state index contributed by atoms with van der Waals surface area (Å²) in [5.74, 6) is 2.09. The molecular weight excluding hydrogens is 304 g/mol. The number of hydrogen-bond donors (Lipinski definition) is 1. The van der Waals surface area contributed by atoms with Crippen molar-refractivity contribution in [2.24, 2.45) is 0 Å². The van der Waals surface area contributed by atoms with Crippen LogP contribution in [0.25, 0.3) is 0 Å². The fourth-order valence-corrected chi connectivity index (χ4v) is 4.27. The monoisotopic (exact) mass is 334 g/mol. The Morgan fingerprint density at radius 3 is 2.75 bits per heavy atom. The molecule has 0 bridgehead atoms. The maximum Gasteiger partial charge on any atom is 0.230 e. The molecule has 24 heavy (non-hydrogen) atoms. The van der Waals surface area contributed by atoms with Gasteiger partial charge in [0.1, 0.15) is 0 Å². The van der Waals surface area contributed by atoms with Crippen molar-refractivity contribution in [3.8, 4) is 0 Å². The molecule has 3 aliphatic rings. The highest BCUT2D eigenvalue weighted by molar-refractivity contribution is 5.00. The third kappa shape index (κ3) is 3.81. The zero-order valence-electron chi connectivity index (χ0n) is 14.8. The van der Waals surface area contributed by atoms with Crippen LogP contribution >= 0.6 is 0 Å². The Morgan fingerprint density at radius 2 is 2.00 bits per heavy atom. The van der Waals surface area contributed by atoms with Gasteiger partial charge in [-0.3, -0.25) is 9.80 Å². The maximum absolute atomic E-state index is 10.8. The third-order valence-electron chi connectivity index (χ3n) is 5.97. The highest BCUT2D eigenvalue weighted by atomic mass is 16.4. The summed E-state index contributed by atoms with van der Waals surface area (Å²) in [5.41, 5.74) is -0.447. The fraction of sp³-hybridized carbons (Fsp3) is 0.889. The Kier molecular flexibility index (Phi) is 4.62. The summed E-state index contributed by atoms with van der Waals surface area (Å²) in [7, 11) is 2.14. The van der Waals surface area contributed by atoms with Gasteiger partial charge < -0.3 is 9.52 Å².